The van der Waals surface area contributed by atoms with E-state index in [1.54, 1.807) is 11.7 Å². The Morgan fingerprint density at radius 3 is 2.64 bits per heavy atom. The number of hydrogen-bond acceptors (Lipinski definition) is 2. The second-order valence-corrected chi connectivity index (χ2v) is 3.61. The third kappa shape index (κ3) is 1.74. The number of nitrogens with zero attached hydrogens (tertiary/aromatic N) is 3. The van der Waals surface area contributed by atoms with Crippen LogP contribution in [0.1, 0.15) is 0 Å². The number of rotatable bonds is 1. The predicted molar refractivity (Wildman–Crippen MR) is 56.5 cm³/mol. The van der Waals surface area contributed by atoms with Crippen LogP contribution in [0, 0.1) is 0 Å². The lowest BCUT2D eigenvalue weighted by Crippen LogP contribution is -1.93. The van der Waals surface area contributed by atoms with Crippen molar-refractivity contribution in [2.45, 2.75) is 0 Å². The van der Waals surface area contributed by atoms with Crippen LogP contribution < -0.4 is 0 Å². The van der Waals surface area contributed by atoms with Crippen LogP contribution in [0.15, 0.2) is 24.3 Å². The van der Waals surface area contributed by atoms with Crippen LogP contribution in [0.5, 0.6) is 0 Å². The summed E-state index contributed by atoms with van der Waals surface area (Å²) in [4.78, 5) is 4.08. The molecule has 1 aromatic heterocycles. The summed E-state index contributed by atoms with van der Waals surface area (Å²) < 4.78 is 1.62. The average Bonchev–Trinajstić information content (AvgIpc) is 2.45. The molecule has 0 bridgehead atoms. The van der Waals surface area contributed by atoms with Crippen LogP contribution in [0.3, 0.4) is 0 Å². The molecule has 0 atom stereocenters. The quantitative estimate of drug-likeness (QED) is 0.751. The van der Waals surface area contributed by atoms with Gasteiger partial charge in [-0.05, 0) is 23.7 Å². The Hall–Kier alpha value is -1.06. The summed E-state index contributed by atoms with van der Waals surface area (Å²) in [5.41, 5.74) is 0.902. The molecule has 0 spiro atoms. The standard InChI is InChI=1S/C9H7Cl2N3/c1-14-8(12-9(11)13-14)6-3-2-4-7(10)5-6/h2-5H,1H3. The van der Waals surface area contributed by atoms with Gasteiger partial charge in [-0.1, -0.05) is 23.7 Å². The number of hydrogen-bond donors (Lipinski definition) is 0. The second kappa shape index (κ2) is 3.59. The Morgan fingerprint density at radius 1 is 1.29 bits per heavy atom. The van der Waals surface area contributed by atoms with Gasteiger partial charge in [-0.25, -0.2) is 4.68 Å². The lowest BCUT2D eigenvalue weighted by molar-refractivity contribution is 0.775. The summed E-state index contributed by atoms with van der Waals surface area (Å²) >= 11 is 11.5. The Morgan fingerprint density at radius 2 is 2.07 bits per heavy atom. The Bertz CT molecular complexity index is 465. The van der Waals surface area contributed by atoms with Gasteiger partial charge in [0, 0.05) is 17.6 Å². The number of benzene rings is 1. The lowest BCUT2D eigenvalue weighted by atomic mass is 10.2. The molecule has 14 heavy (non-hydrogen) atoms. The van der Waals surface area contributed by atoms with Gasteiger partial charge in [0.05, 0.1) is 0 Å². The first kappa shape index (κ1) is 9.49. The summed E-state index contributed by atoms with van der Waals surface area (Å²) in [6.07, 6.45) is 0. The SMILES string of the molecule is Cn1nc(Cl)nc1-c1cccc(Cl)c1. The molecule has 2 rings (SSSR count). The monoisotopic (exact) mass is 227 g/mol. The van der Waals surface area contributed by atoms with Gasteiger partial charge in [0.25, 0.3) is 0 Å². The molecule has 1 aromatic carbocycles. The summed E-state index contributed by atoms with van der Waals surface area (Å²) in [5, 5.41) is 4.85. The topological polar surface area (TPSA) is 30.7 Å². The predicted octanol–water partition coefficient (Wildman–Crippen LogP) is 2.79. The lowest BCUT2D eigenvalue weighted by Gasteiger charge is -1.99. The summed E-state index contributed by atoms with van der Waals surface area (Å²) in [7, 11) is 1.79. The van der Waals surface area contributed by atoms with E-state index in [2.05, 4.69) is 10.1 Å². The molecule has 3 nitrogen and oxygen atoms in total. The van der Waals surface area contributed by atoms with E-state index >= 15 is 0 Å². The highest BCUT2D eigenvalue weighted by molar-refractivity contribution is 6.30. The smallest absolute Gasteiger partial charge is 0.242 e. The van der Waals surface area contributed by atoms with Crippen LogP contribution in [0.4, 0.5) is 0 Å². The Labute approximate surface area is 91.3 Å². The molecule has 0 amide bonds. The van der Waals surface area contributed by atoms with Gasteiger partial charge in [0.1, 0.15) is 0 Å². The molecule has 0 radical (unpaired) electrons. The molecule has 0 aliphatic rings. The third-order valence-electron chi connectivity index (χ3n) is 1.82. The van der Waals surface area contributed by atoms with Gasteiger partial charge in [0.2, 0.25) is 5.28 Å². The minimum Gasteiger partial charge on any atom is -0.247 e. The van der Waals surface area contributed by atoms with Crippen LogP contribution in [-0.4, -0.2) is 14.8 Å². The van der Waals surface area contributed by atoms with Gasteiger partial charge in [-0.3, -0.25) is 0 Å². The molecule has 0 aliphatic carbocycles. The van der Waals surface area contributed by atoms with Crippen molar-refractivity contribution in [2.24, 2.45) is 7.05 Å². The maximum absolute atomic E-state index is 5.86. The highest BCUT2D eigenvalue weighted by Gasteiger charge is 2.07. The highest BCUT2D eigenvalue weighted by atomic mass is 35.5. The fourth-order valence-corrected chi connectivity index (χ4v) is 1.62. The minimum atomic E-state index is 0.238. The van der Waals surface area contributed by atoms with Gasteiger partial charge in [-0.15, -0.1) is 5.10 Å². The van der Waals surface area contributed by atoms with Gasteiger partial charge < -0.3 is 0 Å². The molecular weight excluding hydrogens is 221 g/mol. The second-order valence-electron chi connectivity index (χ2n) is 2.84. The number of aromatic nitrogens is 3. The fraction of sp³-hybridized carbons (Fsp3) is 0.111. The zero-order valence-corrected chi connectivity index (χ0v) is 8.92. The third-order valence-corrected chi connectivity index (χ3v) is 2.22. The molecule has 5 heteroatoms. The van der Waals surface area contributed by atoms with E-state index in [0.717, 1.165) is 5.56 Å². The summed E-state index contributed by atoms with van der Waals surface area (Å²) in [6, 6.07) is 7.40. The number of aryl methyl sites for hydroxylation is 1. The molecule has 0 unspecified atom stereocenters. The summed E-state index contributed by atoms with van der Waals surface area (Å²) in [5.74, 6) is 0.706. The normalized spacial score (nSPS) is 10.5. The van der Waals surface area contributed by atoms with Crippen molar-refractivity contribution < 1.29 is 0 Å². The first-order chi connectivity index (χ1) is 6.66. The Balaban J connectivity index is 2.54. The van der Waals surface area contributed by atoms with E-state index in [-0.39, 0.29) is 5.28 Å². The first-order valence-corrected chi connectivity index (χ1v) is 4.75. The molecule has 0 saturated heterocycles. The van der Waals surface area contributed by atoms with Crippen LogP contribution >= 0.6 is 23.2 Å². The highest BCUT2D eigenvalue weighted by Crippen LogP contribution is 2.21. The van der Waals surface area contributed by atoms with Crippen molar-refractivity contribution in [3.63, 3.8) is 0 Å². The van der Waals surface area contributed by atoms with Crippen LogP contribution in [0.25, 0.3) is 11.4 Å². The zero-order chi connectivity index (χ0) is 10.1. The van der Waals surface area contributed by atoms with Crippen LogP contribution in [0.2, 0.25) is 10.3 Å². The zero-order valence-electron chi connectivity index (χ0n) is 7.41. The molecule has 1 heterocycles. The largest absolute Gasteiger partial charge is 0.247 e. The van der Waals surface area contributed by atoms with Crippen molar-refractivity contribution in [1.29, 1.82) is 0 Å². The molecule has 0 N–H and O–H groups in total. The van der Waals surface area contributed by atoms with Gasteiger partial charge in [-0.2, -0.15) is 4.98 Å². The van der Waals surface area contributed by atoms with Crippen LogP contribution in [-0.2, 0) is 7.05 Å². The fourth-order valence-electron chi connectivity index (χ4n) is 1.23. The molecule has 0 aliphatic heterocycles. The van der Waals surface area contributed by atoms with E-state index in [0.29, 0.717) is 10.8 Å². The van der Waals surface area contributed by atoms with Crippen molar-refractivity contribution in [3.8, 4) is 11.4 Å². The molecular formula is C9H7Cl2N3. The maximum Gasteiger partial charge on any atom is 0.242 e. The number of halogens is 2. The molecule has 72 valence electrons. The van der Waals surface area contributed by atoms with Crippen molar-refractivity contribution >= 4 is 23.2 Å². The van der Waals surface area contributed by atoms with Gasteiger partial charge >= 0.3 is 0 Å². The maximum atomic E-state index is 5.86. The molecule has 2 aromatic rings. The van der Waals surface area contributed by atoms with E-state index < -0.39 is 0 Å². The molecule has 0 fully saturated rings. The van der Waals surface area contributed by atoms with Crippen molar-refractivity contribution in [3.05, 3.63) is 34.6 Å². The average molecular weight is 228 g/mol. The minimum absolute atomic E-state index is 0.238. The van der Waals surface area contributed by atoms with Crippen molar-refractivity contribution in [2.75, 3.05) is 0 Å². The van der Waals surface area contributed by atoms with Gasteiger partial charge in [0.15, 0.2) is 5.82 Å². The first-order valence-electron chi connectivity index (χ1n) is 3.99. The summed E-state index contributed by atoms with van der Waals surface area (Å²) in [6.45, 7) is 0. The van der Waals surface area contributed by atoms with E-state index in [9.17, 15) is 0 Å². The molecule has 0 saturated carbocycles. The van der Waals surface area contributed by atoms with E-state index in [1.165, 1.54) is 0 Å². The van der Waals surface area contributed by atoms with E-state index in [1.807, 2.05) is 24.3 Å². The van der Waals surface area contributed by atoms with Crippen molar-refractivity contribution in [1.82, 2.24) is 14.8 Å². The van der Waals surface area contributed by atoms with E-state index in [4.69, 9.17) is 23.2 Å². The Kier molecular flexibility index (Phi) is 2.44.